The molecule has 0 fully saturated rings. The van der Waals surface area contributed by atoms with E-state index in [9.17, 15) is 18.3 Å². The van der Waals surface area contributed by atoms with Crippen molar-refractivity contribution < 1.29 is 27.8 Å². The van der Waals surface area contributed by atoms with Gasteiger partial charge in [0.25, 0.3) is 0 Å². The summed E-state index contributed by atoms with van der Waals surface area (Å²) in [6.45, 7) is 0.216. The van der Waals surface area contributed by atoms with Gasteiger partial charge in [-0.3, -0.25) is 4.68 Å². The lowest BCUT2D eigenvalue weighted by molar-refractivity contribution is -0.275. The molecule has 0 bridgehead atoms. The molecule has 0 aliphatic rings. The van der Waals surface area contributed by atoms with Crippen LogP contribution >= 0.6 is 0 Å². The maximum Gasteiger partial charge on any atom is 0.573 e. The summed E-state index contributed by atoms with van der Waals surface area (Å²) in [5.41, 5.74) is 0.282. The molecular weight excluding hydrogens is 291 g/mol. The normalized spacial score (nSPS) is 11.7. The van der Waals surface area contributed by atoms with E-state index in [-0.39, 0.29) is 18.0 Å². The smallest absolute Gasteiger partial charge is 0.504 e. The second-order valence-electron chi connectivity index (χ2n) is 4.14. The number of phenols is 1. The van der Waals surface area contributed by atoms with Crippen LogP contribution in [0.3, 0.4) is 0 Å². The molecule has 0 atom stereocenters. The van der Waals surface area contributed by atoms with E-state index < -0.39 is 17.9 Å². The van der Waals surface area contributed by atoms with E-state index in [2.05, 4.69) is 14.8 Å². The summed E-state index contributed by atoms with van der Waals surface area (Å²) in [6, 6.07) is 3.50. The quantitative estimate of drug-likeness (QED) is 0.938. The number of aryl methyl sites for hydroxylation is 1. The molecule has 0 radical (unpaired) electrons. The standard InChI is InChI=1S/C12H12F3N3O3/c1-18-10(6-20-2)16-11(17-18)7-3-4-8(19)9(5-7)21-12(13,14)15/h3-5,19H,6H2,1-2H3. The molecule has 0 saturated carbocycles. The number of halogens is 3. The molecule has 0 amide bonds. The van der Waals surface area contributed by atoms with E-state index in [0.717, 1.165) is 12.1 Å². The molecule has 1 aromatic heterocycles. The molecule has 0 saturated heterocycles. The first-order valence-electron chi connectivity index (χ1n) is 5.78. The van der Waals surface area contributed by atoms with E-state index in [1.54, 1.807) is 7.05 Å². The van der Waals surface area contributed by atoms with Crippen LogP contribution < -0.4 is 4.74 Å². The van der Waals surface area contributed by atoms with Gasteiger partial charge in [0.1, 0.15) is 6.61 Å². The van der Waals surface area contributed by atoms with Crippen molar-refractivity contribution in [2.45, 2.75) is 13.0 Å². The zero-order chi connectivity index (χ0) is 15.6. The molecule has 0 spiro atoms. The summed E-state index contributed by atoms with van der Waals surface area (Å²) in [5, 5.41) is 13.5. The highest BCUT2D eigenvalue weighted by Crippen LogP contribution is 2.34. The van der Waals surface area contributed by atoms with Crippen molar-refractivity contribution in [2.75, 3.05) is 7.11 Å². The monoisotopic (exact) mass is 303 g/mol. The number of ether oxygens (including phenoxy) is 2. The maximum absolute atomic E-state index is 12.2. The first kappa shape index (κ1) is 15.1. The van der Waals surface area contributed by atoms with Crippen LogP contribution in [0.4, 0.5) is 13.2 Å². The van der Waals surface area contributed by atoms with Gasteiger partial charge in [-0.25, -0.2) is 4.98 Å². The highest BCUT2D eigenvalue weighted by atomic mass is 19.4. The van der Waals surface area contributed by atoms with E-state index >= 15 is 0 Å². The predicted molar refractivity (Wildman–Crippen MR) is 65.5 cm³/mol. The molecule has 6 nitrogen and oxygen atoms in total. The highest BCUT2D eigenvalue weighted by molar-refractivity contribution is 5.60. The number of phenolic OH excluding ortho intramolecular Hbond substituents is 1. The average molecular weight is 303 g/mol. The predicted octanol–water partition coefficient (Wildman–Crippen LogP) is 2.23. The third-order valence-electron chi connectivity index (χ3n) is 2.57. The van der Waals surface area contributed by atoms with Gasteiger partial charge in [0.15, 0.2) is 23.1 Å². The van der Waals surface area contributed by atoms with Crippen LogP contribution in [0.15, 0.2) is 18.2 Å². The van der Waals surface area contributed by atoms with Crippen molar-refractivity contribution in [1.29, 1.82) is 0 Å². The first-order valence-corrected chi connectivity index (χ1v) is 5.78. The van der Waals surface area contributed by atoms with Gasteiger partial charge in [0.05, 0.1) is 0 Å². The van der Waals surface area contributed by atoms with Gasteiger partial charge >= 0.3 is 6.36 Å². The van der Waals surface area contributed by atoms with E-state index in [1.807, 2.05) is 0 Å². The van der Waals surface area contributed by atoms with Crippen molar-refractivity contribution in [3.05, 3.63) is 24.0 Å². The van der Waals surface area contributed by atoms with Crippen LogP contribution in [0, 0.1) is 0 Å². The second-order valence-corrected chi connectivity index (χ2v) is 4.14. The summed E-state index contributed by atoms with van der Waals surface area (Å²) in [4.78, 5) is 4.15. The number of aromatic hydroxyl groups is 1. The SMILES string of the molecule is COCc1nc(-c2ccc(O)c(OC(F)(F)F)c2)nn1C. The Morgan fingerprint density at radius 2 is 2.05 bits per heavy atom. The van der Waals surface area contributed by atoms with Gasteiger partial charge in [-0.1, -0.05) is 0 Å². The Morgan fingerprint density at radius 3 is 2.67 bits per heavy atom. The third-order valence-corrected chi connectivity index (χ3v) is 2.57. The van der Waals surface area contributed by atoms with E-state index in [4.69, 9.17) is 4.74 Å². The lowest BCUT2D eigenvalue weighted by Gasteiger charge is -2.10. The molecule has 0 aliphatic carbocycles. The zero-order valence-electron chi connectivity index (χ0n) is 11.2. The van der Waals surface area contributed by atoms with Gasteiger partial charge in [-0.15, -0.1) is 13.2 Å². The van der Waals surface area contributed by atoms with Gasteiger partial charge < -0.3 is 14.6 Å². The van der Waals surface area contributed by atoms with Crippen molar-refractivity contribution >= 4 is 0 Å². The van der Waals surface area contributed by atoms with Gasteiger partial charge in [0, 0.05) is 19.7 Å². The van der Waals surface area contributed by atoms with Crippen LogP contribution in [0.5, 0.6) is 11.5 Å². The van der Waals surface area contributed by atoms with Crippen molar-refractivity contribution in [1.82, 2.24) is 14.8 Å². The van der Waals surface area contributed by atoms with Crippen LogP contribution in [0.25, 0.3) is 11.4 Å². The summed E-state index contributed by atoms with van der Waals surface area (Å²) in [6.07, 6.45) is -4.89. The molecule has 1 heterocycles. The zero-order valence-corrected chi connectivity index (χ0v) is 11.2. The molecule has 0 unspecified atom stereocenters. The summed E-state index contributed by atoms with van der Waals surface area (Å²) in [5.74, 6) is -0.611. The number of rotatable bonds is 4. The van der Waals surface area contributed by atoms with Gasteiger partial charge in [0.2, 0.25) is 0 Å². The fourth-order valence-electron chi connectivity index (χ4n) is 1.65. The van der Waals surface area contributed by atoms with Gasteiger partial charge in [-0.05, 0) is 18.2 Å². The number of aromatic nitrogens is 3. The molecule has 0 aliphatic heterocycles. The van der Waals surface area contributed by atoms with Crippen molar-refractivity contribution in [3.63, 3.8) is 0 Å². The number of hydrogen-bond acceptors (Lipinski definition) is 5. The first-order chi connectivity index (χ1) is 9.80. The Morgan fingerprint density at radius 1 is 1.33 bits per heavy atom. The Bertz CT molecular complexity index is 640. The van der Waals surface area contributed by atoms with Crippen molar-refractivity contribution in [3.8, 4) is 22.9 Å². The minimum absolute atomic E-state index is 0.205. The molecular formula is C12H12F3N3O3. The second kappa shape index (κ2) is 5.60. The number of hydrogen-bond donors (Lipinski definition) is 1. The average Bonchev–Trinajstić information content (AvgIpc) is 2.73. The van der Waals surface area contributed by atoms with Gasteiger partial charge in [-0.2, -0.15) is 5.10 Å². The lowest BCUT2D eigenvalue weighted by Crippen LogP contribution is -2.17. The van der Waals surface area contributed by atoms with Crippen LogP contribution in [-0.2, 0) is 18.4 Å². The highest BCUT2D eigenvalue weighted by Gasteiger charge is 2.32. The largest absolute Gasteiger partial charge is 0.573 e. The lowest BCUT2D eigenvalue weighted by atomic mass is 10.2. The molecule has 1 N–H and O–H groups in total. The fourth-order valence-corrected chi connectivity index (χ4v) is 1.65. The molecule has 9 heteroatoms. The minimum atomic E-state index is -4.89. The van der Waals surface area contributed by atoms with Crippen LogP contribution in [0.1, 0.15) is 5.82 Å². The maximum atomic E-state index is 12.2. The summed E-state index contributed by atoms with van der Waals surface area (Å²) >= 11 is 0. The van der Waals surface area contributed by atoms with Crippen molar-refractivity contribution in [2.24, 2.45) is 7.05 Å². The van der Waals surface area contributed by atoms with E-state index in [1.165, 1.54) is 17.9 Å². The number of nitrogens with zero attached hydrogens (tertiary/aromatic N) is 3. The summed E-state index contributed by atoms with van der Waals surface area (Å²) in [7, 11) is 3.13. The van der Waals surface area contributed by atoms with Crippen LogP contribution in [-0.4, -0.2) is 33.3 Å². The summed E-state index contributed by atoms with van der Waals surface area (Å²) < 4.78 is 46.8. The number of methoxy groups -OCH3 is 1. The molecule has 2 rings (SSSR count). The molecule has 21 heavy (non-hydrogen) atoms. The Labute approximate surface area is 117 Å². The molecule has 1 aromatic carbocycles. The Kier molecular flexibility index (Phi) is 4.03. The van der Waals surface area contributed by atoms with E-state index in [0.29, 0.717) is 5.82 Å². The number of benzene rings is 1. The van der Waals surface area contributed by atoms with Crippen LogP contribution in [0.2, 0.25) is 0 Å². The topological polar surface area (TPSA) is 69.4 Å². The number of alkyl halides is 3. The molecule has 2 aromatic rings. The molecule has 114 valence electrons. The fraction of sp³-hybridized carbons (Fsp3) is 0.333. The third kappa shape index (κ3) is 3.63. The Hall–Kier alpha value is -2.29. The minimum Gasteiger partial charge on any atom is -0.504 e. The Balaban J connectivity index is 2.36.